The number of nitrogens with zero attached hydrogens (tertiary/aromatic N) is 5. The number of methoxy groups -OCH3 is 1. The second-order valence-corrected chi connectivity index (χ2v) is 5.56. The van der Waals surface area contributed by atoms with Crippen molar-refractivity contribution in [1.29, 1.82) is 0 Å². The molecule has 0 spiro atoms. The van der Waals surface area contributed by atoms with Crippen LogP contribution in [0.3, 0.4) is 0 Å². The van der Waals surface area contributed by atoms with Gasteiger partial charge in [-0.25, -0.2) is 9.97 Å². The maximum atomic E-state index is 5.54. The van der Waals surface area contributed by atoms with Crippen LogP contribution in [0.15, 0.2) is 47.2 Å². The molecule has 3 heterocycles. The van der Waals surface area contributed by atoms with Crippen molar-refractivity contribution in [2.24, 2.45) is 0 Å². The maximum Gasteiger partial charge on any atom is 0.249 e. The van der Waals surface area contributed by atoms with Gasteiger partial charge in [0.2, 0.25) is 17.7 Å². The second kappa shape index (κ2) is 6.27. The Morgan fingerprint density at radius 1 is 1.17 bits per heavy atom. The van der Waals surface area contributed by atoms with Crippen molar-refractivity contribution in [2.75, 3.05) is 18.6 Å². The minimum absolute atomic E-state index is 0.00311. The lowest BCUT2D eigenvalue weighted by atomic mass is 10.2. The standard InChI is InChI=1S/C17H17N5O2/c1-23-14-8-3-2-6-12(14)15-20-16(24-21-15)13-7-4-11-22(13)17-18-9-5-10-19-17/h2-3,5-6,8-10,13H,4,7,11H2,1H3. The molecule has 1 aliphatic heterocycles. The third-order valence-electron chi connectivity index (χ3n) is 4.14. The quantitative estimate of drug-likeness (QED) is 0.730. The zero-order valence-corrected chi connectivity index (χ0v) is 13.3. The molecule has 1 fully saturated rings. The molecule has 1 aliphatic rings. The maximum absolute atomic E-state index is 5.54. The molecule has 2 aromatic heterocycles. The topological polar surface area (TPSA) is 77.2 Å². The van der Waals surface area contributed by atoms with Gasteiger partial charge < -0.3 is 14.2 Å². The van der Waals surface area contributed by atoms with Crippen LogP contribution in [0.4, 0.5) is 5.95 Å². The van der Waals surface area contributed by atoms with Gasteiger partial charge in [0.1, 0.15) is 11.8 Å². The minimum Gasteiger partial charge on any atom is -0.496 e. The van der Waals surface area contributed by atoms with Crippen LogP contribution in [0.1, 0.15) is 24.8 Å². The first-order valence-electron chi connectivity index (χ1n) is 7.87. The van der Waals surface area contributed by atoms with E-state index < -0.39 is 0 Å². The van der Waals surface area contributed by atoms with Crippen molar-refractivity contribution in [3.63, 3.8) is 0 Å². The zero-order valence-electron chi connectivity index (χ0n) is 13.3. The van der Waals surface area contributed by atoms with E-state index >= 15 is 0 Å². The smallest absolute Gasteiger partial charge is 0.249 e. The Morgan fingerprint density at radius 3 is 2.83 bits per heavy atom. The van der Waals surface area contributed by atoms with Gasteiger partial charge in [0, 0.05) is 18.9 Å². The third kappa shape index (κ3) is 2.58. The molecule has 0 radical (unpaired) electrons. The predicted molar refractivity (Wildman–Crippen MR) is 87.6 cm³/mol. The summed E-state index contributed by atoms with van der Waals surface area (Å²) in [4.78, 5) is 15.4. The van der Waals surface area contributed by atoms with Gasteiger partial charge in [0.05, 0.1) is 12.7 Å². The SMILES string of the molecule is COc1ccccc1-c1noc(C2CCCN2c2ncccn2)n1. The van der Waals surface area contributed by atoms with Crippen molar-refractivity contribution in [1.82, 2.24) is 20.1 Å². The van der Waals surface area contributed by atoms with E-state index in [9.17, 15) is 0 Å². The summed E-state index contributed by atoms with van der Waals surface area (Å²) in [5.41, 5.74) is 0.815. The monoisotopic (exact) mass is 323 g/mol. The van der Waals surface area contributed by atoms with Gasteiger partial charge in [-0.05, 0) is 31.0 Å². The van der Waals surface area contributed by atoms with Crippen LogP contribution in [0.2, 0.25) is 0 Å². The van der Waals surface area contributed by atoms with Crippen LogP contribution in [0.25, 0.3) is 11.4 Å². The molecule has 7 heteroatoms. The number of hydrogen-bond donors (Lipinski definition) is 0. The van der Waals surface area contributed by atoms with Gasteiger partial charge in [-0.3, -0.25) is 0 Å². The molecule has 122 valence electrons. The highest BCUT2D eigenvalue weighted by Crippen LogP contribution is 2.35. The molecule has 1 atom stereocenters. The van der Waals surface area contributed by atoms with Gasteiger partial charge in [0.15, 0.2) is 0 Å². The third-order valence-corrected chi connectivity index (χ3v) is 4.14. The zero-order chi connectivity index (χ0) is 16.4. The number of para-hydroxylation sites is 1. The molecule has 1 saturated heterocycles. The number of rotatable bonds is 4. The largest absolute Gasteiger partial charge is 0.496 e. The molecule has 24 heavy (non-hydrogen) atoms. The fraction of sp³-hybridized carbons (Fsp3) is 0.294. The van der Waals surface area contributed by atoms with Crippen LogP contribution < -0.4 is 9.64 Å². The van der Waals surface area contributed by atoms with Crippen molar-refractivity contribution >= 4 is 5.95 Å². The van der Waals surface area contributed by atoms with Crippen molar-refractivity contribution in [2.45, 2.75) is 18.9 Å². The summed E-state index contributed by atoms with van der Waals surface area (Å²) in [6.07, 6.45) is 5.46. The van der Waals surface area contributed by atoms with Gasteiger partial charge in [0.25, 0.3) is 0 Å². The molecular formula is C17H17N5O2. The van der Waals surface area contributed by atoms with Gasteiger partial charge in [-0.15, -0.1) is 0 Å². The summed E-state index contributed by atoms with van der Waals surface area (Å²) in [5, 5.41) is 4.13. The molecule has 4 rings (SSSR count). The molecule has 3 aromatic rings. The number of benzene rings is 1. The van der Waals surface area contributed by atoms with E-state index in [1.807, 2.05) is 24.3 Å². The summed E-state index contributed by atoms with van der Waals surface area (Å²) in [6, 6.07) is 9.44. The van der Waals surface area contributed by atoms with Crippen molar-refractivity contribution in [3.05, 3.63) is 48.6 Å². The van der Waals surface area contributed by atoms with E-state index in [1.165, 1.54) is 0 Å². The first-order valence-corrected chi connectivity index (χ1v) is 7.87. The van der Waals surface area contributed by atoms with E-state index in [4.69, 9.17) is 9.26 Å². The number of aromatic nitrogens is 4. The van der Waals surface area contributed by atoms with Crippen molar-refractivity contribution in [3.8, 4) is 17.1 Å². The summed E-state index contributed by atoms with van der Waals surface area (Å²) >= 11 is 0. The highest BCUT2D eigenvalue weighted by Gasteiger charge is 2.32. The molecule has 0 amide bonds. The number of anilines is 1. The average molecular weight is 323 g/mol. The van der Waals surface area contributed by atoms with E-state index in [2.05, 4.69) is 25.0 Å². The first kappa shape index (κ1) is 14.6. The molecule has 0 aliphatic carbocycles. The fourth-order valence-corrected chi connectivity index (χ4v) is 3.01. The lowest BCUT2D eigenvalue weighted by Crippen LogP contribution is -2.24. The second-order valence-electron chi connectivity index (χ2n) is 5.56. The Labute approximate surface area is 139 Å². The molecule has 1 unspecified atom stereocenters. The predicted octanol–water partition coefficient (Wildman–Crippen LogP) is 2.88. The van der Waals surface area contributed by atoms with Crippen LogP contribution in [-0.4, -0.2) is 33.8 Å². The highest BCUT2D eigenvalue weighted by atomic mass is 16.5. The van der Waals surface area contributed by atoms with E-state index in [1.54, 1.807) is 25.6 Å². The fourth-order valence-electron chi connectivity index (χ4n) is 3.01. The number of ether oxygens (including phenoxy) is 1. The Balaban J connectivity index is 1.65. The van der Waals surface area contributed by atoms with Crippen molar-refractivity contribution < 1.29 is 9.26 Å². The van der Waals surface area contributed by atoms with Gasteiger partial charge in [-0.1, -0.05) is 17.3 Å². The Morgan fingerprint density at radius 2 is 2.00 bits per heavy atom. The Kier molecular flexibility index (Phi) is 3.82. The molecular weight excluding hydrogens is 306 g/mol. The van der Waals surface area contributed by atoms with E-state index in [-0.39, 0.29) is 6.04 Å². The summed E-state index contributed by atoms with van der Waals surface area (Å²) in [7, 11) is 1.63. The molecule has 1 aromatic carbocycles. The minimum atomic E-state index is 0.00311. The molecule has 0 saturated carbocycles. The average Bonchev–Trinajstić information content (AvgIpc) is 3.31. The van der Waals surface area contributed by atoms with Crippen LogP contribution in [0, 0.1) is 0 Å². The van der Waals surface area contributed by atoms with E-state index in [0.717, 1.165) is 30.7 Å². The summed E-state index contributed by atoms with van der Waals surface area (Å²) in [5.74, 6) is 2.53. The first-order chi connectivity index (χ1) is 11.9. The van der Waals surface area contributed by atoms with Crippen LogP contribution >= 0.6 is 0 Å². The molecule has 0 bridgehead atoms. The lowest BCUT2D eigenvalue weighted by molar-refractivity contribution is 0.354. The molecule has 0 N–H and O–H groups in total. The Bertz CT molecular complexity index is 821. The van der Waals surface area contributed by atoms with E-state index in [0.29, 0.717) is 17.7 Å². The van der Waals surface area contributed by atoms with Gasteiger partial charge in [-0.2, -0.15) is 4.98 Å². The van der Waals surface area contributed by atoms with Gasteiger partial charge >= 0.3 is 0 Å². The summed E-state index contributed by atoms with van der Waals surface area (Å²) in [6.45, 7) is 0.876. The van der Waals surface area contributed by atoms with Crippen LogP contribution in [0.5, 0.6) is 5.75 Å². The normalized spacial score (nSPS) is 17.2. The highest BCUT2D eigenvalue weighted by molar-refractivity contribution is 5.63. The number of hydrogen-bond acceptors (Lipinski definition) is 7. The van der Waals surface area contributed by atoms with Crippen LogP contribution in [-0.2, 0) is 0 Å². The Hall–Kier alpha value is -2.96. The lowest BCUT2D eigenvalue weighted by Gasteiger charge is -2.21. The summed E-state index contributed by atoms with van der Waals surface area (Å²) < 4.78 is 10.9. The molecule has 7 nitrogen and oxygen atoms in total.